The molecule has 0 unspecified atom stereocenters. The smallest absolute Gasteiger partial charge is 0.132 e. The summed E-state index contributed by atoms with van der Waals surface area (Å²) in [5.41, 5.74) is 6.47. The number of quaternary nitrogens is 1. The van der Waals surface area contributed by atoms with Crippen molar-refractivity contribution in [1.29, 1.82) is 0 Å². The number of nitrogens with two attached hydrogens (primary N) is 1. The highest BCUT2D eigenvalue weighted by molar-refractivity contribution is 5.37. The maximum atomic E-state index is 14.1. The highest BCUT2D eigenvalue weighted by atomic mass is 35.5. The molecule has 2 nitrogen and oxygen atoms in total. The van der Waals surface area contributed by atoms with Crippen molar-refractivity contribution in [2.75, 3.05) is 0 Å². The standard InChI is InChI=1S/C21H18FN.C8H8FN.ClH/c22-20-13-7-12-18-14-23(15-19(18)20)21(16-8-3-1-4-9-16)17-10-5-2-6-11-17;9-8-3-1-2-6-4-10-5-7(6)8;/h1-13,21H,14-15H2;1-3,10H,4-5H2;1H. The van der Waals surface area contributed by atoms with E-state index in [9.17, 15) is 8.78 Å². The summed E-state index contributed by atoms with van der Waals surface area (Å²) >= 11 is 0. The lowest BCUT2D eigenvalue weighted by Gasteiger charge is -2.28. The molecule has 0 aliphatic carbocycles. The number of rotatable bonds is 3. The van der Waals surface area contributed by atoms with Gasteiger partial charge in [0, 0.05) is 24.2 Å². The molecule has 0 bridgehead atoms. The van der Waals surface area contributed by atoms with Gasteiger partial charge >= 0.3 is 0 Å². The molecule has 2 N–H and O–H groups in total. The number of halogens is 3. The van der Waals surface area contributed by atoms with E-state index in [-0.39, 0.29) is 30.1 Å². The average Bonchev–Trinajstić information content (AvgIpc) is 3.50. The minimum absolute atomic E-state index is 0. The van der Waals surface area contributed by atoms with Crippen molar-refractivity contribution < 1.29 is 26.5 Å². The second-order valence-corrected chi connectivity index (χ2v) is 8.58. The number of benzene rings is 4. The van der Waals surface area contributed by atoms with E-state index in [1.54, 1.807) is 18.2 Å². The summed E-state index contributed by atoms with van der Waals surface area (Å²) in [6, 6.07) is 31.7. The molecular weight excluding hydrogens is 450 g/mol. The van der Waals surface area contributed by atoms with E-state index in [0.29, 0.717) is 6.54 Å². The Hall–Kier alpha value is -3.05. The van der Waals surface area contributed by atoms with Crippen LogP contribution < -0.4 is 17.7 Å². The van der Waals surface area contributed by atoms with Crippen LogP contribution in [0.2, 0.25) is 0 Å². The first kappa shape index (κ1) is 24.1. The largest absolute Gasteiger partial charge is 1.00 e. The van der Waals surface area contributed by atoms with Crippen LogP contribution in [0.15, 0.2) is 97.1 Å². The van der Waals surface area contributed by atoms with E-state index in [0.717, 1.165) is 41.9 Å². The second kappa shape index (κ2) is 10.9. The molecular formula is C29H27ClF2N2. The first-order valence-electron chi connectivity index (χ1n) is 11.4. The Bertz CT molecular complexity index is 1190. The van der Waals surface area contributed by atoms with Crippen molar-refractivity contribution >= 4 is 0 Å². The topological polar surface area (TPSA) is 19.9 Å². The number of hydrogen-bond donors (Lipinski definition) is 1. The third kappa shape index (κ3) is 5.05. The van der Waals surface area contributed by atoms with Gasteiger partial charge in [-0.2, -0.15) is 0 Å². The van der Waals surface area contributed by atoms with Crippen molar-refractivity contribution in [2.45, 2.75) is 32.2 Å². The zero-order valence-corrected chi connectivity index (χ0v) is 19.6. The van der Waals surface area contributed by atoms with Gasteiger partial charge in [-0.1, -0.05) is 84.9 Å². The third-order valence-electron chi connectivity index (χ3n) is 6.47. The molecule has 4 aromatic rings. The third-order valence-corrected chi connectivity index (χ3v) is 6.47. The molecule has 0 fully saturated rings. The summed E-state index contributed by atoms with van der Waals surface area (Å²) in [4.78, 5) is 2.35. The molecule has 2 aliphatic rings. The molecule has 34 heavy (non-hydrogen) atoms. The number of nitrogens with zero attached hydrogens (tertiary/aromatic N) is 1. The molecule has 0 saturated carbocycles. The summed E-state index contributed by atoms with van der Waals surface area (Å²) in [6.07, 6.45) is 0. The van der Waals surface area contributed by atoms with Gasteiger partial charge < -0.3 is 17.7 Å². The lowest BCUT2D eigenvalue weighted by atomic mass is 9.97. The van der Waals surface area contributed by atoms with Crippen molar-refractivity contribution in [1.82, 2.24) is 4.90 Å². The van der Waals surface area contributed by atoms with E-state index in [1.165, 1.54) is 17.2 Å². The Morgan fingerprint density at radius 1 is 0.588 bits per heavy atom. The lowest BCUT2D eigenvalue weighted by Crippen LogP contribution is -3.00. The molecule has 0 amide bonds. The maximum absolute atomic E-state index is 14.1. The van der Waals surface area contributed by atoms with Gasteiger partial charge in [0.2, 0.25) is 0 Å². The quantitative estimate of drug-likeness (QED) is 0.481. The molecule has 4 aromatic carbocycles. The van der Waals surface area contributed by atoms with E-state index >= 15 is 0 Å². The molecule has 0 atom stereocenters. The first-order valence-corrected chi connectivity index (χ1v) is 11.4. The Balaban J connectivity index is 0.000000209. The van der Waals surface area contributed by atoms with Crippen molar-refractivity contribution in [3.05, 3.63) is 142 Å². The summed E-state index contributed by atoms with van der Waals surface area (Å²) in [7, 11) is 0. The van der Waals surface area contributed by atoms with Gasteiger partial charge in [-0.25, -0.2) is 8.78 Å². The monoisotopic (exact) mass is 476 g/mol. The number of hydrogen-bond acceptors (Lipinski definition) is 1. The van der Waals surface area contributed by atoms with Crippen LogP contribution in [0.1, 0.15) is 39.4 Å². The highest BCUT2D eigenvalue weighted by Crippen LogP contribution is 2.36. The minimum atomic E-state index is -0.0927. The van der Waals surface area contributed by atoms with Crippen LogP contribution in [0.4, 0.5) is 8.78 Å². The molecule has 0 saturated heterocycles. The maximum Gasteiger partial charge on any atom is 0.132 e. The van der Waals surface area contributed by atoms with Gasteiger partial charge in [0.15, 0.2) is 0 Å². The molecule has 2 aliphatic heterocycles. The Kier molecular flexibility index (Phi) is 7.73. The van der Waals surface area contributed by atoms with Crippen LogP contribution in [0, 0.1) is 11.6 Å². The Morgan fingerprint density at radius 3 is 1.71 bits per heavy atom. The molecule has 6 rings (SSSR count). The SMILES string of the molecule is Fc1cccc2c1CN(C(c1ccccc1)c1ccccc1)C2.Fc1cccc2c1C[NH2+]C2.[Cl-]. The predicted molar refractivity (Wildman–Crippen MR) is 126 cm³/mol. The van der Waals surface area contributed by atoms with E-state index in [1.807, 2.05) is 24.3 Å². The summed E-state index contributed by atoms with van der Waals surface area (Å²) in [6.45, 7) is 3.17. The van der Waals surface area contributed by atoms with Crippen molar-refractivity contribution in [2.24, 2.45) is 0 Å². The van der Waals surface area contributed by atoms with Crippen LogP contribution in [0.25, 0.3) is 0 Å². The predicted octanol–water partition coefficient (Wildman–Crippen LogP) is 2.34. The zero-order valence-electron chi connectivity index (χ0n) is 18.8. The summed E-state index contributed by atoms with van der Waals surface area (Å²) in [5, 5.41) is 2.10. The molecule has 2 heterocycles. The highest BCUT2D eigenvalue weighted by Gasteiger charge is 2.29. The van der Waals surface area contributed by atoms with Gasteiger partial charge in [0.1, 0.15) is 24.7 Å². The van der Waals surface area contributed by atoms with E-state index in [4.69, 9.17) is 0 Å². The fourth-order valence-corrected chi connectivity index (χ4v) is 4.87. The van der Waals surface area contributed by atoms with E-state index < -0.39 is 0 Å². The summed E-state index contributed by atoms with van der Waals surface area (Å²) in [5.74, 6) is -0.142. The van der Waals surface area contributed by atoms with Crippen LogP contribution in [0.3, 0.4) is 0 Å². The van der Waals surface area contributed by atoms with Crippen LogP contribution in [-0.2, 0) is 26.2 Å². The van der Waals surface area contributed by atoms with Crippen LogP contribution in [-0.4, -0.2) is 4.90 Å². The van der Waals surface area contributed by atoms with Crippen molar-refractivity contribution in [3.63, 3.8) is 0 Å². The zero-order chi connectivity index (χ0) is 22.6. The van der Waals surface area contributed by atoms with E-state index in [2.05, 4.69) is 58.7 Å². The normalized spacial score (nSPS) is 14.1. The molecule has 0 radical (unpaired) electrons. The number of fused-ring (bicyclic) bond motifs is 2. The van der Waals surface area contributed by atoms with Crippen LogP contribution in [0.5, 0.6) is 0 Å². The molecule has 0 aromatic heterocycles. The lowest BCUT2D eigenvalue weighted by molar-refractivity contribution is -0.676. The van der Waals surface area contributed by atoms with Crippen molar-refractivity contribution in [3.8, 4) is 0 Å². The van der Waals surface area contributed by atoms with Gasteiger partial charge in [-0.3, -0.25) is 4.90 Å². The Morgan fingerprint density at radius 2 is 1.15 bits per heavy atom. The molecule has 0 spiro atoms. The second-order valence-electron chi connectivity index (χ2n) is 8.58. The van der Waals surface area contributed by atoms with Gasteiger partial charge in [0.25, 0.3) is 0 Å². The van der Waals surface area contributed by atoms with Gasteiger partial charge in [0.05, 0.1) is 11.6 Å². The molecule has 174 valence electrons. The molecule has 5 heteroatoms. The van der Waals surface area contributed by atoms with Crippen LogP contribution >= 0.6 is 0 Å². The fraction of sp³-hybridized carbons (Fsp3) is 0.172. The average molecular weight is 477 g/mol. The Labute approximate surface area is 205 Å². The first-order chi connectivity index (χ1) is 16.2. The fourth-order valence-electron chi connectivity index (χ4n) is 4.87. The van der Waals surface area contributed by atoms with Gasteiger partial charge in [-0.15, -0.1) is 0 Å². The minimum Gasteiger partial charge on any atom is -1.00 e. The van der Waals surface area contributed by atoms with Gasteiger partial charge in [-0.05, 0) is 28.8 Å². The summed E-state index contributed by atoms with van der Waals surface area (Å²) < 4.78 is 27.0.